The molecule has 5 heteroatoms. The second kappa shape index (κ2) is 5.99. The van der Waals surface area contributed by atoms with Crippen LogP contribution in [0.15, 0.2) is 30.5 Å². The molecule has 2 heterocycles. The van der Waals surface area contributed by atoms with Crippen LogP contribution < -0.4 is 5.32 Å². The van der Waals surface area contributed by atoms with Crippen LogP contribution in [-0.2, 0) is 12.8 Å². The van der Waals surface area contributed by atoms with E-state index in [9.17, 15) is 4.79 Å². The third-order valence-corrected chi connectivity index (χ3v) is 4.85. The highest BCUT2D eigenvalue weighted by Crippen LogP contribution is 2.26. The van der Waals surface area contributed by atoms with Crippen molar-refractivity contribution in [3.05, 3.63) is 52.8 Å². The predicted molar refractivity (Wildman–Crippen MR) is 99.1 cm³/mol. The van der Waals surface area contributed by atoms with Gasteiger partial charge >= 0.3 is 0 Å². The van der Waals surface area contributed by atoms with Crippen LogP contribution in [0.1, 0.15) is 53.5 Å². The van der Waals surface area contributed by atoms with Crippen LogP contribution in [-0.4, -0.2) is 20.7 Å². The van der Waals surface area contributed by atoms with Crippen LogP contribution >= 0.6 is 0 Å². The summed E-state index contributed by atoms with van der Waals surface area (Å²) in [5.41, 5.74) is 5.73. The number of nitrogens with zero attached hydrogens (tertiary/aromatic N) is 3. The number of carbonyl (C=O) groups is 1. The first-order chi connectivity index (χ1) is 12.0. The van der Waals surface area contributed by atoms with Gasteiger partial charge in [-0.3, -0.25) is 4.79 Å². The van der Waals surface area contributed by atoms with Crippen molar-refractivity contribution in [1.29, 1.82) is 0 Å². The van der Waals surface area contributed by atoms with Crippen LogP contribution in [0.3, 0.4) is 0 Å². The summed E-state index contributed by atoms with van der Waals surface area (Å²) in [6.45, 7) is 6.00. The molecule has 4 rings (SSSR count). The maximum Gasteiger partial charge on any atom is 0.257 e. The van der Waals surface area contributed by atoms with Gasteiger partial charge in [0.1, 0.15) is 0 Å². The molecule has 2 aromatic heterocycles. The zero-order chi connectivity index (χ0) is 17.6. The van der Waals surface area contributed by atoms with E-state index in [1.54, 1.807) is 6.20 Å². The lowest BCUT2D eigenvalue weighted by molar-refractivity contribution is 0.102. The summed E-state index contributed by atoms with van der Waals surface area (Å²) in [6, 6.07) is 8.32. The number of hydrogen-bond acceptors (Lipinski definition) is 3. The van der Waals surface area contributed by atoms with Crippen molar-refractivity contribution in [2.24, 2.45) is 0 Å². The Balaban J connectivity index is 1.64. The van der Waals surface area contributed by atoms with E-state index < -0.39 is 0 Å². The fourth-order valence-electron chi connectivity index (χ4n) is 3.52. The van der Waals surface area contributed by atoms with Gasteiger partial charge in [-0.2, -0.15) is 5.10 Å². The average molecular weight is 334 g/mol. The molecule has 25 heavy (non-hydrogen) atoms. The smallest absolute Gasteiger partial charge is 0.257 e. The molecule has 0 bridgehead atoms. The van der Waals surface area contributed by atoms with E-state index in [1.807, 2.05) is 23.7 Å². The van der Waals surface area contributed by atoms with E-state index in [4.69, 9.17) is 0 Å². The summed E-state index contributed by atoms with van der Waals surface area (Å²) >= 11 is 0. The average Bonchev–Trinajstić information content (AvgIpc) is 3.19. The molecule has 1 aliphatic carbocycles. The quantitative estimate of drug-likeness (QED) is 0.786. The highest BCUT2D eigenvalue weighted by molar-refractivity contribution is 6.06. The molecular formula is C20H22N4O. The lowest BCUT2D eigenvalue weighted by atomic mass is 10.1. The van der Waals surface area contributed by atoms with Crippen LogP contribution in [0.4, 0.5) is 5.69 Å². The van der Waals surface area contributed by atoms with E-state index in [2.05, 4.69) is 41.4 Å². The van der Waals surface area contributed by atoms with Gasteiger partial charge in [0, 0.05) is 17.1 Å². The molecule has 5 nitrogen and oxygen atoms in total. The largest absolute Gasteiger partial charge is 0.322 e. The van der Waals surface area contributed by atoms with Gasteiger partial charge in [0.05, 0.1) is 17.5 Å². The fourth-order valence-corrected chi connectivity index (χ4v) is 3.52. The predicted octanol–water partition coefficient (Wildman–Crippen LogP) is 4.06. The minimum absolute atomic E-state index is 0.123. The molecule has 0 atom stereocenters. The summed E-state index contributed by atoms with van der Waals surface area (Å²) in [5, 5.41) is 8.29. The van der Waals surface area contributed by atoms with Crippen molar-refractivity contribution in [3.8, 4) is 0 Å². The van der Waals surface area contributed by atoms with Crippen molar-refractivity contribution in [2.75, 3.05) is 5.32 Å². The number of nitrogens with one attached hydrogen (secondary N) is 1. The zero-order valence-electron chi connectivity index (χ0n) is 14.8. The molecule has 0 radical (unpaired) electrons. The molecule has 1 N–H and O–H groups in total. The Morgan fingerprint density at radius 3 is 2.80 bits per heavy atom. The molecule has 128 valence electrons. The van der Waals surface area contributed by atoms with Gasteiger partial charge in [0.15, 0.2) is 5.65 Å². The molecule has 1 aliphatic rings. The topological polar surface area (TPSA) is 59.8 Å². The van der Waals surface area contributed by atoms with Gasteiger partial charge in [-0.25, -0.2) is 9.67 Å². The molecule has 0 saturated heterocycles. The van der Waals surface area contributed by atoms with Crippen LogP contribution in [0, 0.1) is 6.92 Å². The van der Waals surface area contributed by atoms with Gasteiger partial charge in [0.25, 0.3) is 5.91 Å². The molecule has 0 fully saturated rings. The number of amides is 1. The SMILES string of the molecule is Cc1nc2c(cnn2C(C)C)cc1C(=O)Nc1ccc2c(c1)CCC2. The standard InChI is InChI=1S/C20H22N4O/c1-12(2)24-19-16(11-21-24)10-18(13(3)22-19)20(25)23-17-8-7-14-5-4-6-15(14)9-17/h7-12H,4-6H2,1-3H3,(H,23,25). The van der Waals surface area contributed by atoms with E-state index in [0.717, 1.165) is 29.6 Å². The highest BCUT2D eigenvalue weighted by atomic mass is 16.1. The Labute approximate surface area is 147 Å². The fraction of sp³-hybridized carbons (Fsp3) is 0.350. The summed E-state index contributed by atoms with van der Waals surface area (Å²) in [7, 11) is 0. The van der Waals surface area contributed by atoms with Crippen LogP contribution in [0.5, 0.6) is 0 Å². The van der Waals surface area contributed by atoms with Crippen LogP contribution in [0.2, 0.25) is 0 Å². The van der Waals surface area contributed by atoms with Gasteiger partial charge in [-0.05, 0) is 69.4 Å². The molecule has 3 aromatic rings. The Kier molecular flexibility index (Phi) is 3.79. The number of fused-ring (bicyclic) bond motifs is 2. The Bertz CT molecular complexity index is 971. The van der Waals surface area contributed by atoms with Crippen molar-refractivity contribution in [3.63, 3.8) is 0 Å². The monoisotopic (exact) mass is 334 g/mol. The Morgan fingerprint density at radius 1 is 1.20 bits per heavy atom. The van der Waals surface area contributed by atoms with Crippen molar-refractivity contribution in [1.82, 2.24) is 14.8 Å². The van der Waals surface area contributed by atoms with E-state index in [0.29, 0.717) is 11.3 Å². The molecule has 0 aliphatic heterocycles. The molecule has 0 unspecified atom stereocenters. The lowest BCUT2D eigenvalue weighted by Gasteiger charge is -2.11. The van der Waals surface area contributed by atoms with E-state index in [-0.39, 0.29) is 11.9 Å². The van der Waals surface area contributed by atoms with Crippen molar-refractivity contribution in [2.45, 2.75) is 46.1 Å². The van der Waals surface area contributed by atoms with E-state index in [1.165, 1.54) is 17.5 Å². The number of aromatic nitrogens is 3. The summed E-state index contributed by atoms with van der Waals surface area (Å²) < 4.78 is 1.88. The second-order valence-corrected chi connectivity index (χ2v) is 7.01. The first-order valence-corrected chi connectivity index (χ1v) is 8.81. The minimum Gasteiger partial charge on any atom is -0.322 e. The summed E-state index contributed by atoms with van der Waals surface area (Å²) in [4.78, 5) is 17.4. The lowest BCUT2D eigenvalue weighted by Crippen LogP contribution is -2.15. The first-order valence-electron chi connectivity index (χ1n) is 8.81. The normalized spacial score (nSPS) is 13.4. The maximum absolute atomic E-state index is 12.7. The Hall–Kier alpha value is -2.69. The third kappa shape index (κ3) is 2.80. The summed E-state index contributed by atoms with van der Waals surface area (Å²) in [5.74, 6) is -0.123. The number of pyridine rings is 1. The van der Waals surface area contributed by atoms with E-state index >= 15 is 0 Å². The number of benzene rings is 1. The number of carbonyl (C=O) groups excluding carboxylic acids is 1. The molecule has 1 aromatic carbocycles. The molecule has 1 amide bonds. The minimum atomic E-state index is -0.123. The molecular weight excluding hydrogens is 312 g/mol. The van der Waals surface area contributed by atoms with Crippen LogP contribution in [0.25, 0.3) is 11.0 Å². The van der Waals surface area contributed by atoms with Crippen molar-refractivity contribution < 1.29 is 4.79 Å². The summed E-state index contributed by atoms with van der Waals surface area (Å²) in [6.07, 6.45) is 5.21. The molecule has 0 saturated carbocycles. The van der Waals surface area contributed by atoms with Gasteiger partial charge in [0.2, 0.25) is 0 Å². The number of anilines is 1. The number of rotatable bonds is 3. The second-order valence-electron chi connectivity index (χ2n) is 7.01. The highest BCUT2D eigenvalue weighted by Gasteiger charge is 2.17. The van der Waals surface area contributed by atoms with Gasteiger partial charge in [-0.15, -0.1) is 0 Å². The molecule has 0 spiro atoms. The Morgan fingerprint density at radius 2 is 2.00 bits per heavy atom. The number of aryl methyl sites for hydroxylation is 3. The van der Waals surface area contributed by atoms with Gasteiger partial charge < -0.3 is 5.32 Å². The first kappa shape index (κ1) is 15.8. The zero-order valence-corrected chi connectivity index (χ0v) is 14.8. The van der Waals surface area contributed by atoms with Crippen molar-refractivity contribution >= 4 is 22.6 Å². The third-order valence-electron chi connectivity index (χ3n) is 4.85. The maximum atomic E-state index is 12.7. The number of hydrogen-bond donors (Lipinski definition) is 1. The van der Waals surface area contributed by atoms with Gasteiger partial charge in [-0.1, -0.05) is 6.07 Å².